The van der Waals surface area contributed by atoms with Crippen molar-refractivity contribution in [1.29, 1.82) is 0 Å². The summed E-state index contributed by atoms with van der Waals surface area (Å²) >= 11 is 0. The minimum atomic E-state index is -1.71. The minimum absolute atomic E-state index is 0.0173. The lowest BCUT2D eigenvalue weighted by molar-refractivity contribution is -0.145. The highest BCUT2D eigenvalue weighted by atomic mass is 16.4. The molecule has 2 aliphatic rings. The number of hydrogen-bond donors (Lipinski definition) is 4. The van der Waals surface area contributed by atoms with Gasteiger partial charge < -0.3 is 20.5 Å². The van der Waals surface area contributed by atoms with Gasteiger partial charge in [0.25, 0.3) is 11.8 Å². The van der Waals surface area contributed by atoms with E-state index in [4.69, 9.17) is 5.11 Å². The number of anilines is 1. The van der Waals surface area contributed by atoms with Crippen LogP contribution in [-0.2, 0) is 20.8 Å². The standard InChI is InChI=1S/C33H30N4O7/c1-17(2)18-11-13-19(14-12-18)29-28-22(20-7-3-5-9-23(20)34-28)15-26-31(41)37(33(44)36(26)29)25-10-6-4-8-21(25)30(40)35-24(32(42)43)16-27(38)39/h3-14,17,24,26,29,34H,15-16H2,1-2H3,(H,35,40)(H,38,39)(H,42,43)/t24-,26-,29+/m0/s1. The molecule has 0 unspecified atom stereocenters. The number of carbonyl (C=O) groups is 5. The van der Waals surface area contributed by atoms with E-state index in [1.54, 1.807) is 11.0 Å². The molecule has 0 spiro atoms. The van der Waals surface area contributed by atoms with Crippen LogP contribution in [0, 0.1) is 0 Å². The van der Waals surface area contributed by atoms with Gasteiger partial charge in [0.2, 0.25) is 0 Å². The summed E-state index contributed by atoms with van der Waals surface area (Å²) in [5.41, 5.74) is 4.45. The van der Waals surface area contributed by atoms with Crippen LogP contribution in [-0.4, -0.2) is 62.0 Å². The SMILES string of the molecule is CC(C)c1ccc([C@@H]2c3[nH]c4ccccc4c3C[C@H]3C(=O)N(c4ccccc4C(=O)N[C@@H](CC(=O)O)C(=O)O)C(=O)N23)cc1. The van der Waals surface area contributed by atoms with E-state index in [-0.39, 0.29) is 17.7 Å². The molecule has 4 aromatic rings. The maximum atomic E-state index is 14.3. The van der Waals surface area contributed by atoms with E-state index in [0.29, 0.717) is 5.92 Å². The zero-order valence-electron chi connectivity index (χ0n) is 24.0. The average molecular weight is 595 g/mol. The number of benzene rings is 3. The maximum Gasteiger partial charge on any atom is 0.332 e. The Balaban J connectivity index is 1.43. The maximum absolute atomic E-state index is 14.3. The van der Waals surface area contributed by atoms with Crippen molar-refractivity contribution < 1.29 is 34.2 Å². The molecule has 0 aliphatic carbocycles. The fraction of sp³-hybridized carbons (Fsp3) is 0.242. The second kappa shape index (κ2) is 11.0. The van der Waals surface area contributed by atoms with Crippen molar-refractivity contribution in [3.05, 3.63) is 101 Å². The normalized spacial score (nSPS) is 18.3. The van der Waals surface area contributed by atoms with Crippen molar-refractivity contribution >= 4 is 46.4 Å². The third-order valence-electron chi connectivity index (χ3n) is 8.34. The average Bonchev–Trinajstić information content (AvgIpc) is 3.49. The Bertz CT molecular complexity index is 1830. The number of amides is 4. The first-order valence-electron chi connectivity index (χ1n) is 14.3. The summed E-state index contributed by atoms with van der Waals surface area (Å²) in [4.78, 5) is 70.5. The van der Waals surface area contributed by atoms with Crippen molar-refractivity contribution in [3.8, 4) is 0 Å². The Hall–Kier alpha value is -5.45. The molecule has 3 aromatic carbocycles. The fourth-order valence-corrected chi connectivity index (χ4v) is 6.18. The van der Waals surface area contributed by atoms with Crippen molar-refractivity contribution in [2.75, 3.05) is 4.90 Å². The Labute approximate surface area is 252 Å². The quantitative estimate of drug-likeness (QED) is 0.220. The highest BCUT2D eigenvalue weighted by Crippen LogP contribution is 2.45. The molecule has 3 heterocycles. The fourth-order valence-electron chi connectivity index (χ4n) is 6.18. The first kappa shape index (κ1) is 28.7. The molecule has 1 aromatic heterocycles. The van der Waals surface area contributed by atoms with E-state index in [1.807, 2.05) is 48.5 Å². The molecule has 4 N–H and O–H groups in total. The summed E-state index contributed by atoms with van der Waals surface area (Å²) in [6.07, 6.45) is -0.585. The summed E-state index contributed by atoms with van der Waals surface area (Å²) in [5.74, 6) is -4.07. The lowest BCUT2D eigenvalue weighted by atomic mass is 9.88. The molecule has 224 valence electrons. The Kier molecular flexibility index (Phi) is 7.16. The zero-order chi connectivity index (χ0) is 31.3. The van der Waals surface area contributed by atoms with E-state index in [2.05, 4.69) is 24.1 Å². The van der Waals surface area contributed by atoms with Gasteiger partial charge in [0.15, 0.2) is 0 Å². The molecule has 4 amide bonds. The number of para-hydroxylation sites is 2. The second-order valence-corrected chi connectivity index (χ2v) is 11.3. The van der Waals surface area contributed by atoms with E-state index >= 15 is 0 Å². The van der Waals surface area contributed by atoms with Crippen LogP contribution >= 0.6 is 0 Å². The second-order valence-electron chi connectivity index (χ2n) is 11.3. The largest absolute Gasteiger partial charge is 0.481 e. The number of aliphatic carboxylic acids is 2. The molecule has 6 rings (SSSR count). The van der Waals surface area contributed by atoms with Crippen LogP contribution in [0.1, 0.15) is 65.0 Å². The number of aromatic amines is 1. The lowest BCUT2D eigenvalue weighted by Crippen LogP contribution is -2.44. The zero-order valence-corrected chi connectivity index (χ0v) is 24.0. The summed E-state index contributed by atoms with van der Waals surface area (Å²) in [6, 6.07) is 17.8. The van der Waals surface area contributed by atoms with E-state index in [9.17, 15) is 29.1 Å². The van der Waals surface area contributed by atoms with Gasteiger partial charge in [-0.15, -0.1) is 0 Å². The number of carboxylic acid groups (broad SMARTS) is 2. The third-order valence-corrected chi connectivity index (χ3v) is 8.34. The van der Waals surface area contributed by atoms with Crippen LogP contribution in [0.15, 0.2) is 72.8 Å². The highest BCUT2D eigenvalue weighted by molar-refractivity contribution is 6.24. The molecular formula is C33H30N4O7. The molecule has 0 saturated carbocycles. The van der Waals surface area contributed by atoms with E-state index < -0.39 is 54.3 Å². The molecule has 2 aliphatic heterocycles. The molecule has 0 bridgehead atoms. The summed E-state index contributed by atoms with van der Waals surface area (Å²) in [6.45, 7) is 4.19. The molecule has 11 nitrogen and oxygen atoms in total. The van der Waals surface area contributed by atoms with Crippen LogP contribution in [0.2, 0.25) is 0 Å². The first-order chi connectivity index (χ1) is 21.1. The summed E-state index contributed by atoms with van der Waals surface area (Å²) in [5, 5.41) is 21.7. The Morgan fingerprint density at radius 1 is 0.955 bits per heavy atom. The van der Waals surface area contributed by atoms with Crippen LogP contribution in [0.3, 0.4) is 0 Å². The van der Waals surface area contributed by atoms with Crippen molar-refractivity contribution in [2.45, 2.75) is 50.7 Å². The van der Waals surface area contributed by atoms with Gasteiger partial charge in [-0.25, -0.2) is 14.5 Å². The lowest BCUT2D eigenvalue weighted by Gasteiger charge is -2.36. The highest BCUT2D eigenvalue weighted by Gasteiger charge is 2.53. The summed E-state index contributed by atoms with van der Waals surface area (Å²) < 4.78 is 0. The molecule has 3 atom stereocenters. The predicted octanol–water partition coefficient (Wildman–Crippen LogP) is 4.43. The van der Waals surface area contributed by atoms with Gasteiger partial charge in [-0.3, -0.25) is 19.3 Å². The molecule has 1 fully saturated rings. The Morgan fingerprint density at radius 3 is 2.32 bits per heavy atom. The van der Waals surface area contributed by atoms with E-state index in [1.165, 1.54) is 18.2 Å². The van der Waals surface area contributed by atoms with Gasteiger partial charge in [0.05, 0.1) is 17.7 Å². The third kappa shape index (κ3) is 4.76. The molecule has 11 heteroatoms. The van der Waals surface area contributed by atoms with Crippen LogP contribution in [0.4, 0.5) is 10.5 Å². The number of urea groups is 1. The smallest absolute Gasteiger partial charge is 0.332 e. The molecule has 44 heavy (non-hydrogen) atoms. The van der Waals surface area contributed by atoms with Crippen LogP contribution < -0.4 is 10.2 Å². The van der Waals surface area contributed by atoms with Crippen molar-refractivity contribution in [2.24, 2.45) is 0 Å². The van der Waals surface area contributed by atoms with Crippen LogP contribution in [0.25, 0.3) is 10.9 Å². The van der Waals surface area contributed by atoms with Crippen molar-refractivity contribution in [1.82, 2.24) is 15.2 Å². The number of carboxylic acids is 2. The number of hydrogen-bond acceptors (Lipinski definition) is 5. The van der Waals surface area contributed by atoms with Gasteiger partial charge >= 0.3 is 18.0 Å². The number of nitrogens with one attached hydrogen (secondary N) is 2. The Morgan fingerprint density at radius 2 is 1.64 bits per heavy atom. The number of rotatable bonds is 8. The number of imide groups is 1. The van der Waals surface area contributed by atoms with Gasteiger partial charge in [0.1, 0.15) is 18.1 Å². The number of nitrogens with zero attached hydrogens (tertiary/aromatic N) is 2. The minimum Gasteiger partial charge on any atom is -0.481 e. The predicted molar refractivity (Wildman–Crippen MR) is 160 cm³/mol. The van der Waals surface area contributed by atoms with Gasteiger partial charge in [-0.1, -0.05) is 68.4 Å². The number of carbonyl (C=O) groups excluding carboxylic acids is 3. The number of fused-ring (bicyclic) bond motifs is 4. The first-order valence-corrected chi connectivity index (χ1v) is 14.3. The summed E-state index contributed by atoms with van der Waals surface area (Å²) in [7, 11) is 0. The monoisotopic (exact) mass is 594 g/mol. The van der Waals surface area contributed by atoms with Gasteiger partial charge in [-0.2, -0.15) is 0 Å². The number of H-pyrrole nitrogens is 1. The molecule has 0 radical (unpaired) electrons. The molecule has 1 saturated heterocycles. The topological polar surface area (TPSA) is 160 Å². The van der Waals surface area contributed by atoms with E-state index in [0.717, 1.165) is 38.2 Å². The van der Waals surface area contributed by atoms with Gasteiger partial charge in [-0.05, 0) is 40.8 Å². The van der Waals surface area contributed by atoms with Gasteiger partial charge in [0, 0.05) is 23.0 Å². The molecular weight excluding hydrogens is 564 g/mol. The van der Waals surface area contributed by atoms with Crippen molar-refractivity contribution in [3.63, 3.8) is 0 Å². The number of aromatic nitrogens is 1. The van der Waals surface area contributed by atoms with Crippen LogP contribution in [0.5, 0.6) is 0 Å².